The summed E-state index contributed by atoms with van der Waals surface area (Å²) in [5.74, 6) is 0.152. The second-order valence-electron chi connectivity index (χ2n) is 5.48. The molecule has 0 radical (unpaired) electrons. The van der Waals surface area contributed by atoms with E-state index in [-0.39, 0.29) is 12.5 Å². The van der Waals surface area contributed by atoms with E-state index >= 15 is 0 Å². The molecule has 1 aromatic rings. The first-order chi connectivity index (χ1) is 10.1. The summed E-state index contributed by atoms with van der Waals surface area (Å²) in [4.78, 5) is 14.3. The van der Waals surface area contributed by atoms with Crippen LogP contribution < -0.4 is 0 Å². The van der Waals surface area contributed by atoms with E-state index < -0.39 is 0 Å². The van der Waals surface area contributed by atoms with Gasteiger partial charge in [-0.3, -0.25) is 4.79 Å². The van der Waals surface area contributed by atoms with Crippen molar-refractivity contribution in [3.8, 4) is 0 Å². The Morgan fingerprint density at radius 1 is 1.33 bits per heavy atom. The number of hydrogen-bond donors (Lipinski definition) is 1. The molecule has 0 aliphatic heterocycles. The SMILES string of the molecule is O=C(CCc1ccc(Cl)cc1Cl)N(CCCO)C1CCC1. The number of aliphatic hydroxyl groups is 1. The fourth-order valence-corrected chi connectivity index (χ4v) is 3.06. The highest BCUT2D eigenvalue weighted by atomic mass is 35.5. The lowest BCUT2D eigenvalue weighted by Gasteiger charge is -2.37. The second kappa shape index (κ2) is 8.02. The Kier molecular flexibility index (Phi) is 6.34. The monoisotopic (exact) mass is 329 g/mol. The summed E-state index contributed by atoms with van der Waals surface area (Å²) in [6.45, 7) is 0.772. The van der Waals surface area contributed by atoms with Gasteiger partial charge in [0.25, 0.3) is 0 Å². The van der Waals surface area contributed by atoms with E-state index in [4.69, 9.17) is 28.3 Å². The van der Waals surface area contributed by atoms with Gasteiger partial charge < -0.3 is 10.0 Å². The first kappa shape index (κ1) is 16.6. The molecule has 1 fully saturated rings. The zero-order chi connectivity index (χ0) is 15.2. The number of aliphatic hydroxyl groups excluding tert-OH is 1. The number of carbonyl (C=O) groups excluding carboxylic acids is 1. The molecular weight excluding hydrogens is 309 g/mol. The number of hydrogen-bond acceptors (Lipinski definition) is 2. The van der Waals surface area contributed by atoms with E-state index in [1.807, 2.05) is 11.0 Å². The van der Waals surface area contributed by atoms with Gasteiger partial charge in [-0.25, -0.2) is 0 Å². The van der Waals surface area contributed by atoms with Gasteiger partial charge >= 0.3 is 0 Å². The molecule has 1 aliphatic rings. The van der Waals surface area contributed by atoms with Crippen LogP contribution in [0.4, 0.5) is 0 Å². The van der Waals surface area contributed by atoms with Gasteiger partial charge in [0.15, 0.2) is 0 Å². The Morgan fingerprint density at radius 2 is 2.10 bits per heavy atom. The van der Waals surface area contributed by atoms with Gasteiger partial charge in [0.1, 0.15) is 0 Å². The van der Waals surface area contributed by atoms with Crippen LogP contribution in [0.5, 0.6) is 0 Å². The molecule has 3 nitrogen and oxygen atoms in total. The van der Waals surface area contributed by atoms with E-state index in [1.54, 1.807) is 12.1 Å². The molecule has 1 N–H and O–H groups in total. The summed E-state index contributed by atoms with van der Waals surface area (Å²) >= 11 is 12.0. The van der Waals surface area contributed by atoms with Crippen molar-refractivity contribution in [1.82, 2.24) is 4.90 Å². The van der Waals surface area contributed by atoms with Crippen LogP contribution in [-0.4, -0.2) is 35.1 Å². The topological polar surface area (TPSA) is 40.5 Å². The Labute approximate surface area is 135 Å². The van der Waals surface area contributed by atoms with Crippen molar-refractivity contribution in [3.05, 3.63) is 33.8 Å². The molecule has 0 spiro atoms. The van der Waals surface area contributed by atoms with Crippen molar-refractivity contribution >= 4 is 29.1 Å². The minimum absolute atomic E-state index is 0.125. The first-order valence-corrected chi connectivity index (χ1v) is 8.21. The highest BCUT2D eigenvalue weighted by molar-refractivity contribution is 6.35. The maximum absolute atomic E-state index is 12.4. The zero-order valence-corrected chi connectivity index (χ0v) is 13.5. The lowest BCUT2D eigenvalue weighted by molar-refractivity contribution is -0.135. The van der Waals surface area contributed by atoms with E-state index in [1.165, 1.54) is 6.42 Å². The van der Waals surface area contributed by atoms with Crippen LogP contribution in [0.25, 0.3) is 0 Å². The molecule has 0 heterocycles. The number of rotatable bonds is 7. The third-order valence-corrected chi connectivity index (χ3v) is 4.60. The number of aryl methyl sites for hydroxylation is 1. The summed E-state index contributed by atoms with van der Waals surface area (Å²) < 4.78 is 0. The number of amides is 1. The van der Waals surface area contributed by atoms with Gasteiger partial charge in [0, 0.05) is 35.7 Å². The maximum Gasteiger partial charge on any atom is 0.223 e. The van der Waals surface area contributed by atoms with Crippen LogP contribution in [0.1, 0.15) is 37.7 Å². The van der Waals surface area contributed by atoms with E-state index in [2.05, 4.69) is 0 Å². The largest absolute Gasteiger partial charge is 0.396 e. The Bertz CT molecular complexity index is 489. The Balaban J connectivity index is 1.91. The summed E-state index contributed by atoms with van der Waals surface area (Å²) in [6.07, 6.45) is 5.07. The minimum Gasteiger partial charge on any atom is -0.396 e. The third kappa shape index (κ3) is 4.60. The smallest absolute Gasteiger partial charge is 0.223 e. The predicted molar refractivity (Wildman–Crippen MR) is 85.8 cm³/mol. The third-order valence-electron chi connectivity index (χ3n) is 4.02. The summed E-state index contributed by atoms with van der Waals surface area (Å²) in [5, 5.41) is 10.2. The molecule has 1 aromatic carbocycles. The average molecular weight is 330 g/mol. The lowest BCUT2D eigenvalue weighted by atomic mass is 9.91. The number of nitrogens with zero attached hydrogens (tertiary/aromatic N) is 1. The van der Waals surface area contributed by atoms with Crippen molar-refractivity contribution in [1.29, 1.82) is 0 Å². The van der Waals surface area contributed by atoms with E-state index in [0.717, 1.165) is 18.4 Å². The first-order valence-electron chi connectivity index (χ1n) is 7.46. The number of benzene rings is 1. The molecule has 1 amide bonds. The average Bonchev–Trinajstić information content (AvgIpc) is 2.40. The molecule has 0 aromatic heterocycles. The van der Waals surface area contributed by atoms with Gasteiger partial charge in [-0.1, -0.05) is 29.3 Å². The normalized spacial score (nSPS) is 14.8. The van der Waals surface area contributed by atoms with Crippen molar-refractivity contribution in [2.45, 2.75) is 44.6 Å². The van der Waals surface area contributed by atoms with E-state index in [0.29, 0.717) is 41.9 Å². The molecule has 5 heteroatoms. The van der Waals surface area contributed by atoms with Gasteiger partial charge in [-0.2, -0.15) is 0 Å². The van der Waals surface area contributed by atoms with Gasteiger partial charge in [0.05, 0.1) is 0 Å². The van der Waals surface area contributed by atoms with Crippen molar-refractivity contribution < 1.29 is 9.90 Å². The molecule has 1 aliphatic carbocycles. The molecule has 1 saturated carbocycles. The van der Waals surface area contributed by atoms with E-state index in [9.17, 15) is 4.79 Å². The fourth-order valence-electron chi connectivity index (χ4n) is 2.56. The molecule has 21 heavy (non-hydrogen) atoms. The number of halogens is 2. The summed E-state index contributed by atoms with van der Waals surface area (Å²) in [6, 6.07) is 5.74. The van der Waals surface area contributed by atoms with Gasteiger partial charge in [-0.05, 0) is 49.8 Å². The molecule has 0 bridgehead atoms. The molecule has 2 rings (SSSR count). The molecule has 0 unspecified atom stereocenters. The van der Waals surface area contributed by atoms with Crippen LogP contribution >= 0.6 is 23.2 Å². The Morgan fingerprint density at radius 3 is 2.67 bits per heavy atom. The van der Waals surface area contributed by atoms with Crippen LogP contribution in [0, 0.1) is 0 Å². The highest BCUT2D eigenvalue weighted by Crippen LogP contribution is 2.27. The van der Waals surface area contributed by atoms with Crippen molar-refractivity contribution in [2.75, 3.05) is 13.2 Å². The van der Waals surface area contributed by atoms with Crippen molar-refractivity contribution in [3.63, 3.8) is 0 Å². The quantitative estimate of drug-likeness (QED) is 0.828. The fraction of sp³-hybridized carbons (Fsp3) is 0.562. The standard InChI is InChI=1S/C16H21Cl2NO2/c17-13-7-5-12(15(18)11-13)6-8-16(21)19(9-2-10-20)14-3-1-4-14/h5,7,11,14,20H,1-4,6,8-10H2. The lowest BCUT2D eigenvalue weighted by Crippen LogP contribution is -2.45. The highest BCUT2D eigenvalue weighted by Gasteiger charge is 2.27. The summed E-state index contributed by atoms with van der Waals surface area (Å²) in [7, 11) is 0. The van der Waals surface area contributed by atoms with Crippen molar-refractivity contribution in [2.24, 2.45) is 0 Å². The molecule has 0 saturated heterocycles. The van der Waals surface area contributed by atoms with Crippen LogP contribution in [-0.2, 0) is 11.2 Å². The molecule has 0 atom stereocenters. The minimum atomic E-state index is 0.125. The van der Waals surface area contributed by atoms with Gasteiger partial charge in [0.2, 0.25) is 5.91 Å². The summed E-state index contributed by atoms with van der Waals surface area (Å²) in [5.41, 5.74) is 0.949. The van der Waals surface area contributed by atoms with Crippen LogP contribution in [0.15, 0.2) is 18.2 Å². The molecular formula is C16H21Cl2NO2. The molecule has 116 valence electrons. The van der Waals surface area contributed by atoms with Crippen LogP contribution in [0.2, 0.25) is 10.0 Å². The Hall–Kier alpha value is -0.770. The zero-order valence-electron chi connectivity index (χ0n) is 12.0. The second-order valence-corrected chi connectivity index (χ2v) is 6.33. The number of carbonyl (C=O) groups is 1. The maximum atomic E-state index is 12.4. The predicted octanol–water partition coefficient (Wildman–Crippen LogP) is 3.69. The van der Waals surface area contributed by atoms with Crippen LogP contribution in [0.3, 0.4) is 0 Å². The van der Waals surface area contributed by atoms with Gasteiger partial charge in [-0.15, -0.1) is 0 Å².